The monoisotopic (exact) mass is 346 g/mol. The summed E-state index contributed by atoms with van der Waals surface area (Å²) in [5.41, 5.74) is 0. The van der Waals surface area contributed by atoms with E-state index < -0.39 is 8.56 Å². The second kappa shape index (κ2) is 15.2. The summed E-state index contributed by atoms with van der Waals surface area (Å²) in [7, 11) is -1.90. The van der Waals surface area contributed by atoms with Crippen molar-refractivity contribution in [3.63, 3.8) is 0 Å². The topological polar surface area (TPSA) is 44.8 Å². The predicted octanol–water partition coefficient (Wildman–Crippen LogP) is 5.21. The molecule has 0 atom stereocenters. The summed E-state index contributed by atoms with van der Waals surface area (Å²) >= 11 is 0. The lowest BCUT2D eigenvalue weighted by atomic mass is 10.1. The maximum absolute atomic E-state index is 11.2. The van der Waals surface area contributed by atoms with Crippen LogP contribution in [-0.2, 0) is 18.4 Å². The molecule has 0 aliphatic rings. The fourth-order valence-electron chi connectivity index (χ4n) is 2.81. The summed E-state index contributed by atoms with van der Waals surface area (Å²) in [5, 5.41) is 0. The quantitative estimate of drug-likeness (QED) is 0.219. The third kappa shape index (κ3) is 13.7. The van der Waals surface area contributed by atoms with Crippen LogP contribution in [0.5, 0.6) is 0 Å². The lowest BCUT2D eigenvalue weighted by Crippen LogP contribution is -2.38. The van der Waals surface area contributed by atoms with Crippen LogP contribution in [0.1, 0.15) is 78.6 Å². The highest BCUT2D eigenvalue weighted by molar-refractivity contribution is 6.66. The predicted molar refractivity (Wildman–Crippen MR) is 97.9 cm³/mol. The molecule has 0 unspecified atom stereocenters. The molecule has 0 N–H and O–H groups in total. The van der Waals surface area contributed by atoms with E-state index in [1.165, 1.54) is 38.5 Å². The average Bonchev–Trinajstić information content (AvgIpc) is 2.50. The highest BCUT2D eigenvalue weighted by atomic mass is 28.4. The van der Waals surface area contributed by atoms with Crippen LogP contribution < -0.4 is 0 Å². The minimum atomic E-state index is -1.90. The molecule has 0 spiro atoms. The number of ether oxygens (including phenoxy) is 1. The zero-order valence-corrected chi connectivity index (χ0v) is 16.8. The van der Waals surface area contributed by atoms with E-state index in [-0.39, 0.29) is 5.97 Å². The molecule has 0 bridgehead atoms. The molecule has 0 rings (SSSR count). The Morgan fingerprint density at radius 2 is 1.22 bits per heavy atom. The van der Waals surface area contributed by atoms with Gasteiger partial charge in [-0.1, -0.05) is 44.9 Å². The minimum Gasteiger partial charge on any atom is -0.466 e. The second-order valence-electron chi connectivity index (χ2n) is 6.13. The van der Waals surface area contributed by atoms with Gasteiger partial charge in [0.05, 0.1) is 6.61 Å². The smallest absolute Gasteiger partial charge is 0.334 e. The van der Waals surface area contributed by atoms with Crippen molar-refractivity contribution in [1.82, 2.24) is 0 Å². The van der Waals surface area contributed by atoms with E-state index in [4.69, 9.17) is 13.6 Å². The molecule has 0 aromatic carbocycles. The van der Waals surface area contributed by atoms with E-state index in [0.717, 1.165) is 32.1 Å². The number of carbonyl (C=O) groups excluding carboxylic acids is 1. The van der Waals surface area contributed by atoms with Crippen LogP contribution in [0.4, 0.5) is 0 Å². The molecule has 0 amide bonds. The second-order valence-corrected chi connectivity index (χ2v) is 9.48. The Morgan fingerprint density at radius 1 is 0.739 bits per heavy atom. The summed E-state index contributed by atoms with van der Waals surface area (Å²) in [6.45, 7) is 10.1. The maximum Gasteiger partial charge on any atom is 0.334 e. The molecule has 0 saturated heterocycles. The van der Waals surface area contributed by atoms with Crippen LogP contribution in [0.25, 0.3) is 0 Å². The largest absolute Gasteiger partial charge is 0.466 e. The maximum atomic E-state index is 11.2. The van der Waals surface area contributed by atoms with E-state index in [1.54, 1.807) is 0 Å². The van der Waals surface area contributed by atoms with Gasteiger partial charge in [0, 0.05) is 19.6 Å². The van der Waals surface area contributed by atoms with Crippen LogP contribution in [0.3, 0.4) is 0 Å². The number of hydrogen-bond donors (Lipinski definition) is 0. The zero-order valence-electron chi connectivity index (χ0n) is 15.8. The number of rotatable bonds is 16. The summed E-state index contributed by atoms with van der Waals surface area (Å²) in [6, 6.07) is 1.11. The first-order valence-electron chi connectivity index (χ1n) is 9.51. The third-order valence-electron chi connectivity index (χ3n) is 3.97. The molecule has 23 heavy (non-hydrogen) atoms. The Hall–Kier alpha value is -0.393. The van der Waals surface area contributed by atoms with Gasteiger partial charge in [0.1, 0.15) is 0 Å². The van der Waals surface area contributed by atoms with Crippen molar-refractivity contribution in [2.45, 2.75) is 91.1 Å². The van der Waals surface area contributed by atoms with Gasteiger partial charge in [0.2, 0.25) is 0 Å². The van der Waals surface area contributed by atoms with E-state index in [9.17, 15) is 4.79 Å². The van der Waals surface area contributed by atoms with Crippen molar-refractivity contribution in [3.05, 3.63) is 0 Å². The standard InChI is InChI=1S/C18H38O4Si/c1-5-20-18(19)16-14-12-10-8-9-11-13-15-17-23(4,21-6-2)22-7-3/h5-17H2,1-4H3. The summed E-state index contributed by atoms with van der Waals surface area (Å²) in [4.78, 5) is 11.2. The molecule has 0 aliphatic heterocycles. The highest BCUT2D eigenvalue weighted by Gasteiger charge is 2.29. The van der Waals surface area contributed by atoms with Crippen molar-refractivity contribution >= 4 is 14.5 Å². The van der Waals surface area contributed by atoms with Gasteiger partial charge in [-0.2, -0.15) is 0 Å². The molecule has 0 radical (unpaired) electrons. The first-order chi connectivity index (χ1) is 11.1. The molecular formula is C18H38O4Si. The van der Waals surface area contributed by atoms with Crippen molar-refractivity contribution in [2.24, 2.45) is 0 Å². The van der Waals surface area contributed by atoms with E-state index in [2.05, 4.69) is 6.55 Å². The van der Waals surface area contributed by atoms with Gasteiger partial charge in [-0.05, 0) is 39.8 Å². The number of carbonyl (C=O) groups is 1. The molecule has 0 heterocycles. The van der Waals surface area contributed by atoms with Crippen LogP contribution in [0.2, 0.25) is 12.6 Å². The molecule has 138 valence electrons. The summed E-state index contributed by atoms with van der Waals surface area (Å²) in [5.74, 6) is -0.0525. The van der Waals surface area contributed by atoms with Crippen molar-refractivity contribution in [2.75, 3.05) is 19.8 Å². The van der Waals surface area contributed by atoms with Crippen molar-refractivity contribution < 1.29 is 18.4 Å². The number of unbranched alkanes of at least 4 members (excludes halogenated alkanes) is 7. The fourth-order valence-corrected chi connectivity index (χ4v) is 5.29. The molecule has 4 nitrogen and oxygen atoms in total. The van der Waals surface area contributed by atoms with Gasteiger partial charge in [-0.15, -0.1) is 0 Å². The van der Waals surface area contributed by atoms with Gasteiger partial charge in [0.25, 0.3) is 0 Å². The van der Waals surface area contributed by atoms with Crippen LogP contribution >= 0.6 is 0 Å². The summed E-state index contributed by atoms with van der Waals surface area (Å²) in [6.07, 6.45) is 10.2. The molecule has 0 fully saturated rings. The average molecular weight is 347 g/mol. The first-order valence-corrected chi connectivity index (χ1v) is 12.0. The van der Waals surface area contributed by atoms with Crippen LogP contribution in [0, 0.1) is 0 Å². The lowest BCUT2D eigenvalue weighted by Gasteiger charge is -2.25. The first kappa shape index (κ1) is 22.6. The van der Waals surface area contributed by atoms with Gasteiger partial charge in [-0.3, -0.25) is 4.79 Å². The number of hydrogen-bond acceptors (Lipinski definition) is 4. The SMILES string of the molecule is CCOC(=O)CCCCCCCCCC[Si](C)(OCC)OCC. The highest BCUT2D eigenvalue weighted by Crippen LogP contribution is 2.19. The van der Waals surface area contributed by atoms with Crippen LogP contribution in [-0.4, -0.2) is 34.4 Å². The summed E-state index contributed by atoms with van der Waals surface area (Å²) < 4.78 is 16.6. The van der Waals surface area contributed by atoms with Gasteiger partial charge in [0.15, 0.2) is 0 Å². The Labute approximate surface area is 144 Å². The Morgan fingerprint density at radius 3 is 1.70 bits per heavy atom. The minimum absolute atomic E-state index is 0.0525. The Balaban J connectivity index is 3.43. The number of esters is 1. The fraction of sp³-hybridized carbons (Fsp3) is 0.944. The third-order valence-corrected chi connectivity index (χ3v) is 7.03. The molecule has 5 heteroatoms. The lowest BCUT2D eigenvalue weighted by molar-refractivity contribution is -0.143. The normalized spacial score (nSPS) is 11.7. The van der Waals surface area contributed by atoms with Crippen LogP contribution in [0.15, 0.2) is 0 Å². The van der Waals surface area contributed by atoms with Gasteiger partial charge < -0.3 is 13.6 Å². The molecular weight excluding hydrogens is 308 g/mol. The van der Waals surface area contributed by atoms with Crippen molar-refractivity contribution in [1.29, 1.82) is 0 Å². The van der Waals surface area contributed by atoms with E-state index >= 15 is 0 Å². The molecule has 0 aromatic rings. The van der Waals surface area contributed by atoms with Gasteiger partial charge in [-0.25, -0.2) is 0 Å². The molecule has 0 aromatic heterocycles. The van der Waals surface area contributed by atoms with E-state index in [1.807, 2.05) is 20.8 Å². The molecule has 0 aliphatic carbocycles. The Kier molecular flexibility index (Phi) is 14.9. The zero-order chi connectivity index (χ0) is 17.4. The van der Waals surface area contributed by atoms with Gasteiger partial charge >= 0.3 is 14.5 Å². The Bertz CT molecular complexity index is 278. The molecule has 0 saturated carbocycles. The van der Waals surface area contributed by atoms with E-state index in [0.29, 0.717) is 13.0 Å². The van der Waals surface area contributed by atoms with Crippen molar-refractivity contribution in [3.8, 4) is 0 Å².